The van der Waals surface area contributed by atoms with Gasteiger partial charge in [-0.05, 0) is 78.8 Å². The average Bonchev–Trinajstić information content (AvgIpc) is 3.60. The summed E-state index contributed by atoms with van der Waals surface area (Å²) >= 11 is 8.60. The van der Waals surface area contributed by atoms with E-state index in [-0.39, 0.29) is 22.4 Å². The summed E-state index contributed by atoms with van der Waals surface area (Å²) in [4.78, 5) is 14.8. The van der Waals surface area contributed by atoms with E-state index in [2.05, 4.69) is 15.9 Å². The van der Waals surface area contributed by atoms with E-state index in [0.717, 1.165) is 26.9 Å². The lowest BCUT2D eigenvalue weighted by molar-refractivity contribution is -0.385. The van der Waals surface area contributed by atoms with Crippen LogP contribution in [0.5, 0.6) is 5.75 Å². The Balaban J connectivity index is 1.41. The SMILES string of the molecule is CN(C)C(=S)Oc1ccc(CCN2C=COC2c2cn(-c3ccc(Br)cc3)nc2-c2ccc(F)cc2)cc1[N+](=O)[O-]. The molecule has 5 rings (SSSR count). The maximum Gasteiger partial charge on any atom is 0.311 e. The zero-order chi connectivity index (χ0) is 29.1. The van der Waals surface area contributed by atoms with Crippen LogP contribution in [0.15, 0.2) is 89.9 Å². The number of thiocarbonyl (C=S) groups is 1. The fourth-order valence-electron chi connectivity index (χ4n) is 4.30. The summed E-state index contributed by atoms with van der Waals surface area (Å²) in [5.41, 5.74) is 3.63. The monoisotopic (exact) mass is 637 g/mol. The lowest BCUT2D eigenvalue weighted by atomic mass is 10.1. The number of aromatic nitrogens is 2. The molecule has 0 radical (unpaired) electrons. The summed E-state index contributed by atoms with van der Waals surface area (Å²) in [7, 11) is 3.41. The summed E-state index contributed by atoms with van der Waals surface area (Å²) in [5, 5.41) is 16.7. The Morgan fingerprint density at radius 1 is 1.17 bits per heavy atom. The molecule has 0 saturated heterocycles. The Kier molecular flexibility index (Phi) is 8.31. The Hall–Kier alpha value is -4.29. The fourth-order valence-corrected chi connectivity index (χ4v) is 4.66. The standard InChI is InChI=1S/C29H25BrFN5O4S/c1-33(2)29(41)40-26-12-3-19(17-25(26)36(37)38)13-14-34-15-16-39-28(34)24-18-35(23-10-6-21(30)7-11-23)32-27(24)20-4-8-22(31)9-5-20/h3-12,15-18,28H,13-14H2,1-2H3. The van der Waals surface area contributed by atoms with Crippen molar-refractivity contribution in [2.45, 2.75) is 12.6 Å². The first-order chi connectivity index (χ1) is 19.7. The predicted octanol–water partition coefficient (Wildman–Crippen LogP) is 6.62. The third-order valence-electron chi connectivity index (χ3n) is 6.42. The number of hydrogen-bond donors (Lipinski definition) is 0. The summed E-state index contributed by atoms with van der Waals surface area (Å²) in [6.07, 6.45) is 5.33. The highest BCUT2D eigenvalue weighted by atomic mass is 79.9. The molecule has 9 nitrogen and oxygen atoms in total. The Labute approximate surface area is 249 Å². The van der Waals surface area contributed by atoms with E-state index in [0.29, 0.717) is 18.7 Å². The van der Waals surface area contributed by atoms with Gasteiger partial charge in [-0.3, -0.25) is 10.1 Å². The van der Waals surface area contributed by atoms with Gasteiger partial charge >= 0.3 is 5.69 Å². The molecule has 0 N–H and O–H groups in total. The molecule has 3 aromatic carbocycles. The maximum absolute atomic E-state index is 13.7. The van der Waals surface area contributed by atoms with Crippen LogP contribution in [0.25, 0.3) is 16.9 Å². The second-order valence-electron chi connectivity index (χ2n) is 9.44. The predicted molar refractivity (Wildman–Crippen MR) is 160 cm³/mol. The summed E-state index contributed by atoms with van der Waals surface area (Å²) in [6, 6.07) is 18.7. The van der Waals surface area contributed by atoms with Gasteiger partial charge in [0.15, 0.2) is 0 Å². The second-order valence-corrected chi connectivity index (χ2v) is 10.7. The van der Waals surface area contributed by atoms with E-state index in [1.807, 2.05) is 41.6 Å². The van der Waals surface area contributed by atoms with Gasteiger partial charge in [0.2, 0.25) is 12.0 Å². The molecule has 2 heterocycles. The van der Waals surface area contributed by atoms with Crippen molar-refractivity contribution >= 4 is 39.0 Å². The van der Waals surface area contributed by atoms with Gasteiger partial charge in [-0.1, -0.05) is 22.0 Å². The van der Waals surface area contributed by atoms with Crippen LogP contribution in [0.2, 0.25) is 0 Å². The topological polar surface area (TPSA) is 85.9 Å². The van der Waals surface area contributed by atoms with Crippen molar-refractivity contribution in [1.82, 2.24) is 19.6 Å². The van der Waals surface area contributed by atoms with Crippen molar-refractivity contribution < 1.29 is 18.8 Å². The average molecular weight is 639 g/mol. The molecule has 1 aliphatic heterocycles. The minimum absolute atomic E-state index is 0.0871. The van der Waals surface area contributed by atoms with Crippen LogP contribution in [0.4, 0.5) is 10.1 Å². The third kappa shape index (κ3) is 6.39. The normalized spacial score (nSPS) is 14.1. The molecule has 1 aromatic heterocycles. The summed E-state index contributed by atoms with van der Waals surface area (Å²) in [5.74, 6) is -0.249. The highest BCUT2D eigenvalue weighted by Crippen LogP contribution is 2.36. The van der Waals surface area contributed by atoms with E-state index in [1.165, 1.54) is 18.2 Å². The number of rotatable bonds is 8. The van der Waals surface area contributed by atoms with Crippen molar-refractivity contribution in [2.75, 3.05) is 20.6 Å². The molecule has 12 heteroatoms. The van der Waals surface area contributed by atoms with Crippen LogP contribution in [-0.4, -0.2) is 50.3 Å². The molecule has 1 atom stereocenters. The van der Waals surface area contributed by atoms with Crippen LogP contribution >= 0.6 is 28.1 Å². The smallest absolute Gasteiger partial charge is 0.311 e. The van der Waals surface area contributed by atoms with Crippen molar-refractivity contribution in [3.8, 4) is 22.7 Å². The van der Waals surface area contributed by atoms with Gasteiger partial charge in [0.05, 0.1) is 16.2 Å². The van der Waals surface area contributed by atoms with Crippen molar-refractivity contribution in [2.24, 2.45) is 0 Å². The van der Waals surface area contributed by atoms with E-state index in [1.54, 1.807) is 54.2 Å². The fraction of sp³-hybridized carbons (Fsp3) is 0.172. The maximum atomic E-state index is 13.7. The number of benzene rings is 3. The minimum atomic E-state index is -0.505. The number of nitro groups is 1. The quantitative estimate of drug-likeness (QED) is 0.121. The molecule has 1 aliphatic rings. The van der Waals surface area contributed by atoms with Crippen LogP contribution < -0.4 is 4.74 Å². The second kappa shape index (κ2) is 12.1. The first kappa shape index (κ1) is 28.2. The number of ether oxygens (including phenoxy) is 2. The minimum Gasteiger partial charge on any atom is -0.472 e. The zero-order valence-corrected chi connectivity index (χ0v) is 24.5. The molecule has 1 unspecified atom stereocenters. The molecule has 4 aromatic rings. The Bertz CT molecular complexity index is 1610. The molecule has 0 bridgehead atoms. The van der Waals surface area contributed by atoms with Gasteiger partial charge < -0.3 is 19.3 Å². The highest BCUT2D eigenvalue weighted by molar-refractivity contribution is 9.10. The Morgan fingerprint density at radius 3 is 2.59 bits per heavy atom. The zero-order valence-electron chi connectivity index (χ0n) is 22.1. The van der Waals surface area contributed by atoms with E-state index in [4.69, 9.17) is 26.8 Å². The van der Waals surface area contributed by atoms with Crippen molar-refractivity contribution in [1.29, 1.82) is 0 Å². The molecule has 41 heavy (non-hydrogen) atoms. The molecule has 0 aliphatic carbocycles. The van der Waals surface area contributed by atoms with E-state index in [9.17, 15) is 14.5 Å². The van der Waals surface area contributed by atoms with Gasteiger partial charge in [-0.15, -0.1) is 0 Å². The molecule has 0 amide bonds. The molecule has 0 saturated carbocycles. The van der Waals surface area contributed by atoms with Gasteiger partial charge in [-0.25, -0.2) is 9.07 Å². The van der Waals surface area contributed by atoms with Crippen molar-refractivity contribution in [3.63, 3.8) is 0 Å². The summed E-state index contributed by atoms with van der Waals surface area (Å²) in [6.45, 7) is 0.501. The van der Waals surface area contributed by atoms with Crippen LogP contribution in [-0.2, 0) is 11.2 Å². The first-order valence-corrected chi connectivity index (χ1v) is 13.8. The van der Waals surface area contributed by atoms with Crippen molar-refractivity contribution in [3.05, 3.63) is 117 Å². The first-order valence-electron chi connectivity index (χ1n) is 12.6. The van der Waals surface area contributed by atoms with Gasteiger partial charge in [-0.2, -0.15) is 5.10 Å². The summed E-state index contributed by atoms with van der Waals surface area (Å²) < 4.78 is 27.9. The number of nitro benzene ring substituents is 1. The molecular weight excluding hydrogens is 613 g/mol. The van der Waals surface area contributed by atoms with E-state index < -0.39 is 11.2 Å². The number of nitrogens with zero attached hydrogens (tertiary/aromatic N) is 5. The molecule has 0 spiro atoms. The molecule has 0 fully saturated rings. The van der Waals surface area contributed by atoms with Crippen LogP contribution in [0, 0.1) is 15.9 Å². The van der Waals surface area contributed by atoms with Gasteiger partial charge in [0.25, 0.3) is 5.17 Å². The largest absolute Gasteiger partial charge is 0.472 e. The lowest BCUT2D eigenvalue weighted by Gasteiger charge is -2.24. The molecular formula is C29H25BrFN5O4S. The van der Waals surface area contributed by atoms with Gasteiger partial charge in [0, 0.05) is 49.1 Å². The van der Waals surface area contributed by atoms with Gasteiger partial charge in [0.1, 0.15) is 17.8 Å². The third-order valence-corrected chi connectivity index (χ3v) is 7.40. The Morgan fingerprint density at radius 2 is 1.90 bits per heavy atom. The number of hydrogen-bond acceptors (Lipinski definition) is 7. The lowest BCUT2D eigenvalue weighted by Crippen LogP contribution is -2.25. The van der Waals surface area contributed by atoms with Crippen LogP contribution in [0.1, 0.15) is 17.4 Å². The number of halogens is 2. The highest BCUT2D eigenvalue weighted by Gasteiger charge is 2.29. The van der Waals surface area contributed by atoms with Crippen LogP contribution in [0.3, 0.4) is 0 Å². The van der Waals surface area contributed by atoms with E-state index >= 15 is 0 Å². The molecule has 210 valence electrons.